The van der Waals surface area contributed by atoms with Gasteiger partial charge in [0.15, 0.2) is 11.3 Å². The van der Waals surface area contributed by atoms with Crippen LogP contribution in [0.5, 0.6) is 0 Å². The molecule has 1 aromatic carbocycles. The first-order valence-electron chi connectivity index (χ1n) is 7.71. The smallest absolute Gasteiger partial charge is 0.246 e. The van der Waals surface area contributed by atoms with Crippen molar-refractivity contribution in [1.82, 2.24) is 14.7 Å². The van der Waals surface area contributed by atoms with Gasteiger partial charge in [-0.25, -0.2) is 0 Å². The largest absolute Gasteiger partial charge is 0.337 e. The van der Waals surface area contributed by atoms with Crippen LogP contribution in [-0.4, -0.2) is 14.7 Å². The van der Waals surface area contributed by atoms with Crippen molar-refractivity contribution in [1.29, 1.82) is 0 Å². The van der Waals surface area contributed by atoms with Gasteiger partial charge in [0, 0.05) is 18.7 Å². The van der Waals surface area contributed by atoms with Crippen molar-refractivity contribution in [3.63, 3.8) is 0 Å². The molecule has 0 fully saturated rings. The number of hydrogen-bond donors (Lipinski definition) is 0. The molecule has 0 aliphatic heterocycles. The van der Waals surface area contributed by atoms with Crippen LogP contribution in [0.15, 0.2) is 63.4 Å². The molecule has 0 aliphatic rings. The van der Waals surface area contributed by atoms with Crippen LogP contribution in [0.25, 0.3) is 10.2 Å². The first-order valence-corrected chi connectivity index (χ1v) is 8.59. The minimum atomic E-state index is 0.0466. The SMILES string of the molecule is O=c1ccn(Cc2nc(CCc3ccccc3)no2)c2ccsc12. The van der Waals surface area contributed by atoms with E-state index in [0.29, 0.717) is 18.3 Å². The maximum absolute atomic E-state index is 11.8. The Hall–Kier alpha value is -2.73. The summed E-state index contributed by atoms with van der Waals surface area (Å²) in [6.45, 7) is 0.464. The van der Waals surface area contributed by atoms with E-state index >= 15 is 0 Å². The average molecular weight is 337 g/mol. The first-order chi connectivity index (χ1) is 11.8. The van der Waals surface area contributed by atoms with E-state index in [0.717, 1.165) is 23.1 Å². The molecule has 0 saturated carbocycles. The number of pyridine rings is 1. The van der Waals surface area contributed by atoms with Gasteiger partial charge in [0.25, 0.3) is 0 Å². The van der Waals surface area contributed by atoms with E-state index in [1.165, 1.54) is 16.9 Å². The van der Waals surface area contributed by atoms with Crippen molar-refractivity contribution in [2.75, 3.05) is 0 Å². The van der Waals surface area contributed by atoms with Gasteiger partial charge in [0.05, 0.1) is 10.2 Å². The quantitative estimate of drug-likeness (QED) is 0.561. The molecule has 0 bridgehead atoms. The van der Waals surface area contributed by atoms with Gasteiger partial charge in [-0.2, -0.15) is 4.98 Å². The molecule has 0 radical (unpaired) electrons. The fraction of sp³-hybridized carbons (Fsp3) is 0.167. The summed E-state index contributed by atoms with van der Waals surface area (Å²) in [5, 5.41) is 5.97. The molecule has 0 unspecified atom stereocenters. The molecule has 0 saturated heterocycles. The highest BCUT2D eigenvalue weighted by Gasteiger charge is 2.10. The Labute approximate surface area is 142 Å². The predicted molar refractivity (Wildman–Crippen MR) is 93.3 cm³/mol. The second kappa shape index (κ2) is 6.41. The van der Waals surface area contributed by atoms with Gasteiger partial charge in [0.2, 0.25) is 5.89 Å². The lowest BCUT2D eigenvalue weighted by atomic mass is 10.1. The lowest BCUT2D eigenvalue weighted by Gasteiger charge is -2.04. The number of aryl methyl sites for hydroxylation is 2. The summed E-state index contributed by atoms with van der Waals surface area (Å²) in [6.07, 6.45) is 3.39. The molecule has 24 heavy (non-hydrogen) atoms. The third-order valence-corrected chi connectivity index (χ3v) is 4.80. The molecule has 6 heteroatoms. The second-order valence-corrected chi connectivity index (χ2v) is 6.45. The van der Waals surface area contributed by atoms with Crippen LogP contribution in [-0.2, 0) is 19.4 Å². The number of benzene rings is 1. The van der Waals surface area contributed by atoms with Gasteiger partial charge in [-0.1, -0.05) is 35.5 Å². The maximum Gasteiger partial charge on any atom is 0.246 e. The zero-order chi connectivity index (χ0) is 16.4. The summed E-state index contributed by atoms with van der Waals surface area (Å²) >= 11 is 1.45. The first kappa shape index (κ1) is 14.8. The molecule has 0 spiro atoms. The number of rotatable bonds is 5. The number of hydrogen-bond acceptors (Lipinski definition) is 5. The molecular formula is C18H15N3O2S. The predicted octanol–water partition coefficient (Wildman–Crippen LogP) is 3.28. The lowest BCUT2D eigenvalue weighted by Crippen LogP contribution is -2.07. The number of aromatic nitrogens is 3. The second-order valence-electron chi connectivity index (χ2n) is 5.53. The van der Waals surface area contributed by atoms with Gasteiger partial charge >= 0.3 is 0 Å². The van der Waals surface area contributed by atoms with Crippen LogP contribution >= 0.6 is 11.3 Å². The minimum Gasteiger partial charge on any atom is -0.337 e. The van der Waals surface area contributed by atoms with Crippen molar-refractivity contribution in [2.24, 2.45) is 0 Å². The molecule has 3 heterocycles. The Bertz CT molecular complexity index is 1020. The molecule has 5 nitrogen and oxygen atoms in total. The van der Waals surface area contributed by atoms with Crippen molar-refractivity contribution in [2.45, 2.75) is 19.4 Å². The Kier molecular flexibility index (Phi) is 3.96. The summed E-state index contributed by atoms with van der Waals surface area (Å²) in [6, 6.07) is 13.8. The van der Waals surface area contributed by atoms with Gasteiger partial charge in [-0.15, -0.1) is 11.3 Å². The maximum atomic E-state index is 11.8. The van der Waals surface area contributed by atoms with E-state index in [1.54, 1.807) is 12.3 Å². The lowest BCUT2D eigenvalue weighted by molar-refractivity contribution is 0.367. The molecule has 4 aromatic rings. The molecule has 4 rings (SSSR count). The Morgan fingerprint density at radius 1 is 1.08 bits per heavy atom. The summed E-state index contributed by atoms with van der Waals surface area (Å²) in [7, 11) is 0. The van der Waals surface area contributed by atoms with E-state index < -0.39 is 0 Å². The molecule has 0 atom stereocenters. The zero-order valence-electron chi connectivity index (χ0n) is 12.9. The van der Waals surface area contributed by atoms with E-state index in [-0.39, 0.29) is 5.43 Å². The third kappa shape index (κ3) is 3.00. The Balaban J connectivity index is 1.49. The molecule has 3 aromatic heterocycles. The van der Waals surface area contributed by atoms with Crippen LogP contribution < -0.4 is 5.43 Å². The van der Waals surface area contributed by atoms with Crippen molar-refractivity contribution in [3.8, 4) is 0 Å². The Morgan fingerprint density at radius 3 is 2.83 bits per heavy atom. The van der Waals surface area contributed by atoms with Crippen molar-refractivity contribution >= 4 is 21.6 Å². The Morgan fingerprint density at radius 2 is 1.96 bits per heavy atom. The van der Waals surface area contributed by atoms with E-state index in [4.69, 9.17) is 4.52 Å². The monoisotopic (exact) mass is 337 g/mol. The zero-order valence-corrected chi connectivity index (χ0v) is 13.7. The van der Waals surface area contributed by atoms with E-state index in [1.807, 2.05) is 34.2 Å². The number of fused-ring (bicyclic) bond motifs is 1. The number of thiophene rings is 1. The average Bonchev–Trinajstić information content (AvgIpc) is 3.26. The fourth-order valence-corrected chi connectivity index (χ4v) is 3.49. The molecule has 0 N–H and O–H groups in total. The fourth-order valence-electron chi connectivity index (χ4n) is 2.67. The highest BCUT2D eigenvalue weighted by atomic mass is 32.1. The van der Waals surface area contributed by atoms with Gasteiger partial charge in [-0.3, -0.25) is 4.79 Å². The van der Waals surface area contributed by atoms with Crippen LogP contribution in [0, 0.1) is 0 Å². The summed E-state index contributed by atoms with van der Waals surface area (Å²) < 4.78 is 8.07. The molecule has 0 amide bonds. The summed E-state index contributed by atoms with van der Waals surface area (Å²) in [5.74, 6) is 1.26. The van der Waals surface area contributed by atoms with Crippen molar-refractivity contribution in [3.05, 3.63) is 81.5 Å². The highest BCUT2D eigenvalue weighted by molar-refractivity contribution is 7.17. The van der Waals surface area contributed by atoms with Gasteiger partial charge in [-0.05, 0) is 23.4 Å². The summed E-state index contributed by atoms with van der Waals surface area (Å²) in [5.41, 5.74) is 2.20. The molecular weight excluding hydrogens is 322 g/mol. The van der Waals surface area contributed by atoms with Crippen LogP contribution in [0.4, 0.5) is 0 Å². The normalized spacial score (nSPS) is 11.2. The number of nitrogens with zero attached hydrogens (tertiary/aromatic N) is 3. The van der Waals surface area contributed by atoms with Crippen LogP contribution in [0.3, 0.4) is 0 Å². The topological polar surface area (TPSA) is 60.9 Å². The van der Waals surface area contributed by atoms with Gasteiger partial charge in [0.1, 0.15) is 6.54 Å². The van der Waals surface area contributed by atoms with Crippen LogP contribution in [0.2, 0.25) is 0 Å². The highest BCUT2D eigenvalue weighted by Crippen LogP contribution is 2.17. The standard InChI is InChI=1S/C18H15N3O2S/c22-15-8-10-21(14-9-11-24-18(14)15)12-17-19-16(20-23-17)7-6-13-4-2-1-3-5-13/h1-5,8-11H,6-7,12H2. The van der Waals surface area contributed by atoms with Crippen molar-refractivity contribution < 1.29 is 4.52 Å². The third-order valence-electron chi connectivity index (χ3n) is 3.88. The van der Waals surface area contributed by atoms with Gasteiger partial charge < -0.3 is 9.09 Å². The summed E-state index contributed by atoms with van der Waals surface area (Å²) in [4.78, 5) is 16.3. The molecule has 0 aliphatic carbocycles. The van der Waals surface area contributed by atoms with E-state index in [2.05, 4.69) is 22.3 Å². The molecule has 120 valence electrons. The van der Waals surface area contributed by atoms with E-state index in [9.17, 15) is 4.79 Å². The van der Waals surface area contributed by atoms with Crippen LogP contribution in [0.1, 0.15) is 17.3 Å². The minimum absolute atomic E-state index is 0.0466.